The summed E-state index contributed by atoms with van der Waals surface area (Å²) in [5.74, 6) is -0.823. The van der Waals surface area contributed by atoms with Crippen LogP contribution in [0.15, 0.2) is 35.8 Å². The van der Waals surface area contributed by atoms with Crippen molar-refractivity contribution in [3.8, 4) is 22.6 Å². The summed E-state index contributed by atoms with van der Waals surface area (Å²) in [5, 5.41) is 6.33. The molecule has 2 atom stereocenters. The molecule has 0 spiro atoms. The summed E-state index contributed by atoms with van der Waals surface area (Å²) in [4.78, 5) is 33.7. The number of hydrogen-bond donors (Lipinski definition) is 2. The molecule has 1 fully saturated rings. The standard InChI is InChI=1S/C23H23ClFN5O5/c1-5-17(31)27-13-9-35-10-14(13)28-23-26-8-11-6-12(22(32)30(2)21(11)29-23)18-19(24)15(33-3)7-16(34-4)20(18)25/h5-8,13-14H,1,9-10H2,2-4H3,(H,27,31)(H,26,28,29)/t13-,14?/m0/s1. The van der Waals surface area contributed by atoms with Gasteiger partial charge in [0.15, 0.2) is 11.6 Å². The number of nitrogens with one attached hydrogen (secondary N) is 2. The van der Waals surface area contributed by atoms with Crippen LogP contribution in [0.1, 0.15) is 0 Å². The molecule has 1 aliphatic heterocycles. The van der Waals surface area contributed by atoms with Crippen molar-refractivity contribution in [2.24, 2.45) is 7.05 Å². The van der Waals surface area contributed by atoms with E-state index in [1.54, 1.807) is 0 Å². The molecule has 12 heteroatoms. The highest BCUT2D eigenvalue weighted by Crippen LogP contribution is 2.41. The smallest absolute Gasteiger partial charge is 0.259 e. The lowest BCUT2D eigenvalue weighted by molar-refractivity contribution is -0.117. The van der Waals surface area contributed by atoms with E-state index in [4.69, 9.17) is 25.8 Å². The first-order chi connectivity index (χ1) is 16.8. The Morgan fingerprint density at radius 3 is 2.69 bits per heavy atom. The first kappa shape index (κ1) is 24.4. The van der Waals surface area contributed by atoms with Crippen LogP contribution >= 0.6 is 11.6 Å². The molecule has 184 valence electrons. The van der Waals surface area contributed by atoms with Crippen LogP contribution < -0.4 is 25.7 Å². The minimum atomic E-state index is -0.789. The summed E-state index contributed by atoms with van der Waals surface area (Å²) in [6.07, 6.45) is 2.69. The van der Waals surface area contributed by atoms with Crippen LogP contribution in [-0.2, 0) is 16.6 Å². The average molecular weight is 504 g/mol. The number of aromatic nitrogens is 3. The Kier molecular flexibility index (Phi) is 6.90. The number of fused-ring (bicyclic) bond motifs is 1. The molecule has 1 amide bonds. The van der Waals surface area contributed by atoms with Crippen LogP contribution in [0.25, 0.3) is 22.2 Å². The normalized spacial score (nSPS) is 17.3. The van der Waals surface area contributed by atoms with Crippen LogP contribution in [0.5, 0.6) is 11.5 Å². The van der Waals surface area contributed by atoms with Gasteiger partial charge in [-0.2, -0.15) is 4.98 Å². The summed E-state index contributed by atoms with van der Waals surface area (Å²) in [7, 11) is 4.20. The SMILES string of the molecule is C=CC(=O)N[C@H]1COCC1Nc1ncc2cc(-c3c(F)c(OC)cc(OC)c3Cl)c(=O)n(C)c2n1. The molecule has 1 aliphatic rings. The van der Waals surface area contributed by atoms with Crippen LogP contribution in [0.4, 0.5) is 10.3 Å². The number of rotatable bonds is 7. The van der Waals surface area contributed by atoms with Gasteiger partial charge in [-0.1, -0.05) is 18.2 Å². The number of nitrogens with zero attached hydrogens (tertiary/aromatic N) is 3. The quantitative estimate of drug-likeness (QED) is 0.472. The Balaban J connectivity index is 1.75. The van der Waals surface area contributed by atoms with E-state index in [1.165, 1.54) is 50.2 Å². The number of methoxy groups -OCH3 is 2. The lowest BCUT2D eigenvalue weighted by Crippen LogP contribution is -2.45. The highest BCUT2D eigenvalue weighted by Gasteiger charge is 2.30. The molecule has 1 aromatic carbocycles. The van der Waals surface area contributed by atoms with Crippen molar-refractivity contribution in [2.75, 3.05) is 32.8 Å². The second-order valence-corrected chi connectivity index (χ2v) is 8.16. The van der Waals surface area contributed by atoms with Crippen molar-refractivity contribution in [2.45, 2.75) is 12.1 Å². The van der Waals surface area contributed by atoms with E-state index in [-0.39, 0.29) is 51.6 Å². The number of amides is 1. The van der Waals surface area contributed by atoms with Crippen LogP contribution in [0.2, 0.25) is 5.02 Å². The Hall–Kier alpha value is -3.70. The predicted molar refractivity (Wildman–Crippen MR) is 129 cm³/mol. The largest absolute Gasteiger partial charge is 0.495 e. The molecule has 2 aromatic heterocycles. The molecule has 3 aromatic rings. The zero-order valence-corrected chi connectivity index (χ0v) is 20.0. The van der Waals surface area contributed by atoms with Gasteiger partial charge in [0.25, 0.3) is 5.56 Å². The van der Waals surface area contributed by atoms with Crippen molar-refractivity contribution < 1.29 is 23.4 Å². The number of carbonyl (C=O) groups is 1. The van der Waals surface area contributed by atoms with E-state index in [0.29, 0.717) is 24.2 Å². The first-order valence-electron chi connectivity index (χ1n) is 10.5. The predicted octanol–water partition coefficient (Wildman–Crippen LogP) is 2.29. The van der Waals surface area contributed by atoms with Crippen molar-refractivity contribution >= 4 is 34.5 Å². The number of anilines is 1. The van der Waals surface area contributed by atoms with E-state index in [1.807, 2.05) is 0 Å². The van der Waals surface area contributed by atoms with Gasteiger partial charge < -0.3 is 24.8 Å². The third-order valence-corrected chi connectivity index (χ3v) is 6.07. The molecule has 1 saturated heterocycles. The molecule has 0 radical (unpaired) electrons. The van der Waals surface area contributed by atoms with Crippen molar-refractivity contribution in [1.29, 1.82) is 0 Å². The maximum absolute atomic E-state index is 15.2. The molecule has 0 saturated carbocycles. The summed E-state index contributed by atoms with van der Waals surface area (Å²) >= 11 is 6.38. The van der Waals surface area contributed by atoms with Gasteiger partial charge >= 0.3 is 0 Å². The van der Waals surface area contributed by atoms with Gasteiger partial charge in [0, 0.05) is 30.3 Å². The number of halogens is 2. The van der Waals surface area contributed by atoms with Crippen LogP contribution in [0, 0.1) is 5.82 Å². The van der Waals surface area contributed by atoms with Crippen LogP contribution in [0.3, 0.4) is 0 Å². The van der Waals surface area contributed by atoms with Crippen LogP contribution in [-0.4, -0.2) is 60.0 Å². The molecule has 0 bridgehead atoms. The number of ether oxygens (including phenoxy) is 3. The third kappa shape index (κ3) is 4.52. The molecule has 3 heterocycles. The summed E-state index contributed by atoms with van der Waals surface area (Å²) < 4.78 is 32.2. The Morgan fingerprint density at radius 2 is 2.00 bits per heavy atom. The summed E-state index contributed by atoms with van der Waals surface area (Å²) in [6.45, 7) is 4.10. The maximum Gasteiger partial charge on any atom is 0.259 e. The highest BCUT2D eigenvalue weighted by molar-refractivity contribution is 6.35. The Labute approximate surface area is 204 Å². The minimum Gasteiger partial charge on any atom is -0.495 e. The fourth-order valence-electron chi connectivity index (χ4n) is 3.86. The third-order valence-electron chi connectivity index (χ3n) is 5.70. The molecule has 35 heavy (non-hydrogen) atoms. The summed E-state index contributed by atoms with van der Waals surface area (Å²) in [5.41, 5.74) is -0.358. The van der Waals surface area contributed by atoms with Gasteiger partial charge in [-0.3, -0.25) is 14.2 Å². The maximum atomic E-state index is 15.2. The lowest BCUT2D eigenvalue weighted by atomic mass is 10.0. The fourth-order valence-corrected chi connectivity index (χ4v) is 4.18. The van der Waals surface area contributed by atoms with E-state index < -0.39 is 11.4 Å². The monoisotopic (exact) mass is 503 g/mol. The topological polar surface area (TPSA) is 117 Å². The molecule has 2 N–H and O–H groups in total. The number of pyridine rings is 1. The van der Waals surface area contributed by atoms with Gasteiger partial charge in [-0.15, -0.1) is 0 Å². The number of hydrogen-bond acceptors (Lipinski definition) is 8. The summed E-state index contributed by atoms with van der Waals surface area (Å²) in [6, 6.07) is 2.19. The highest BCUT2D eigenvalue weighted by atomic mass is 35.5. The zero-order valence-electron chi connectivity index (χ0n) is 19.2. The molecular formula is C23H23ClFN5O5. The number of carbonyl (C=O) groups excluding carboxylic acids is 1. The van der Waals surface area contributed by atoms with Crippen molar-refractivity contribution in [3.63, 3.8) is 0 Å². The van der Waals surface area contributed by atoms with E-state index in [0.717, 1.165) is 0 Å². The Bertz CT molecular complexity index is 1350. The van der Waals surface area contributed by atoms with E-state index in [2.05, 4.69) is 27.2 Å². The molecule has 0 aliphatic carbocycles. The fraction of sp³-hybridized carbons (Fsp3) is 0.304. The zero-order chi connectivity index (χ0) is 25.3. The Morgan fingerprint density at radius 1 is 1.29 bits per heavy atom. The van der Waals surface area contributed by atoms with Gasteiger partial charge in [-0.25, -0.2) is 9.37 Å². The van der Waals surface area contributed by atoms with Gasteiger partial charge in [0.05, 0.1) is 50.1 Å². The molecule has 4 rings (SSSR count). The first-order valence-corrected chi connectivity index (χ1v) is 10.9. The molecular weight excluding hydrogens is 481 g/mol. The van der Waals surface area contributed by atoms with Gasteiger partial charge in [0.1, 0.15) is 11.4 Å². The number of aryl methyl sites for hydroxylation is 1. The second-order valence-electron chi connectivity index (χ2n) is 7.79. The minimum absolute atomic E-state index is 0.000374. The van der Waals surface area contributed by atoms with Gasteiger partial charge in [0.2, 0.25) is 11.9 Å². The number of benzene rings is 1. The van der Waals surface area contributed by atoms with E-state index in [9.17, 15) is 9.59 Å². The van der Waals surface area contributed by atoms with Gasteiger partial charge in [-0.05, 0) is 12.1 Å². The molecule has 1 unspecified atom stereocenters. The van der Waals surface area contributed by atoms with Crippen molar-refractivity contribution in [1.82, 2.24) is 19.9 Å². The van der Waals surface area contributed by atoms with E-state index >= 15 is 4.39 Å². The molecule has 10 nitrogen and oxygen atoms in total. The second kappa shape index (κ2) is 9.88. The van der Waals surface area contributed by atoms with Crippen molar-refractivity contribution in [3.05, 3.63) is 52.2 Å². The average Bonchev–Trinajstić information content (AvgIpc) is 3.28. The lowest BCUT2D eigenvalue weighted by Gasteiger charge is -2.20.